The molecule has 0 atom stereocenters. The number of aryl methyl sites for hydroxylation is 1. The van der Waals surface area contributed by atoms with Crippen molar-refractivity contribution in [3.8, 4) is 0 Å². The van der Waals surface area contributed by atoms with Crippen molar-refractivity contribution < 1.29 is 13.3 Å². The van der Waals surface area contributed by atoms with E-state index in [1.165, 1.54) is 11.6 Å². The third-order valence-electron chi connectivity index (χ3n) is 5.60. The third kappa shape index (κ3) is 5.42. The van der Waals surface area contributed by atoms with Crippen molar-refractivity contribution >= 4 is 15.7 Å². The molecule has 0 aliphatic carbocycles. The smallest absolute Gasteiger partial charge is 0.271 e. The number of piperazine rings is 1. The number of likely N-dealkylation sites (N-methyl/N-ethyl adjacent to an activating group) is 1. The Hall–Kier alpha value is -2.33. The summed E-state index contributed by atoms with van der Waals surface area (Å²) >= 11 is 0. The second kappa shape index (κ2) is 9.22. The first-order valence-corrected chi connectivity index (χ1v) is 11.4. The van der Waals surface area contributed by atoms with E-state index < -0.39 is 14.9 Å². The Morgan fingerprint density at radius 3 is 2.23 bits per heavy atom. The second-order valence-electron chi connectivity index (χ2n) is 7.86. The maximum atomic E-state index is 12.8. The molecule has 1 aliphatic rings. The van der Waals surface area contributed by atoms with Crippen LogP contribution < -0.4 is 4.72 Å². The van der Waals surface area contributed by atoms with Gasteiger partial charge < -0.3 is 4.90 Å². The Bertz CT molecular complexity index is 1010. The first-order valence-electron chi connectivity index (χ1n) is 9.90. The summed E-state index contributed by atoms with van der Waals surface area (Å²) in [7, 11) is -1.74. The van der Waals surface area contributed by atoms with Gasteiger partial charge in [-0.05, 0) is 43.1 Å². The molecule has 0 aromatic heterocycles. The van der Waals surface area contributed by atoms with Crippen LogP contribution in [0.25, 0.3) is 0 Å². The normalized spacial score (nSPS) is 16.0. The Morgan fingerprint density at radius 2 is 1.63 bits per heavy atom. The van der Waals surface area contributed by atoms with E-state index in [2.05, 4.69) is 21.6 Å². The lowest BCUT2D eigenvalue weighted by atomic mass is 10.1. The number of non-ortho nitro benzene ring substituents is 1. The predicted molar refractivity (Wildman–Crippen MR) is 116 cm³/mol. The van der Waals surface area contributed by atoms with Gasteiger partial charge in [0.25, 0.3) is 5.69 Å². The fourth-order valence-corrected chi connectivity index (χ4v) is 4.83. The van der Waals surface area contributed by atoms with E-state index in [9.17, 15) is 18.5 Å². The van der Waals surface area contributed by atoms with Gasteiger partial charge in [0, 0.05) is 51.4 Å². The fourth-order valence-electron chi connectivity index (χ4n) is 3.48. The zero-order valence-corrected chi connectivity index (χ0v) is 18.4. The highest BCUT2D eigenvalue weighted by molar-refractivity contribution is 7.89. The van der Waals surface area contributed by atoms with Gasteiger partial charge in [-0.2, -0.15) is 0 Å². The van der Waals surface area contributed by atoms with Crippen LogP contribution in [0.1, 0.15) is 22.3 Å². The van der Waals surface area contributed by atoms with E-state index in [-0.39, 0.29) is 17.1 Å². The molecule has 2 aromatic rings. The topological polar surface area (TPSA) is 95.8 Å². The van der Waals surface area contributed by atoms with Crippen LogP contribution in [0, 0.1) is 24.0 Å². The van der Waals surface area contributed by atoms with Crippen molar-refractivity contribution in [1.82, 2.24) is 14.5 Å². The van der Waals surface area contributed by atoms with Crippen LogP contribution in [0.5, 0.6) is 0 Å². The SMILES string of the molecule is Cc1cc([N+](=O)[O-])cc(S(=O)(=O)NCc2ccc(CN3CCN(C)CC3)cc2)c1C. The molecule has 8 nitrogen and oxygen atoms in total. The number of nitro groups is 1. The third-order valence-corrected chi connectivity index (χ3v) is 7.12. The van der Waals surface area contributed by atoms with Gasteiger partial charge in [-0.15, -0.1) is 0 Å². The van der Waals surface area contributed by atoms with Gasteiger partial charge in [-0.1, -0.05) is 24.3 Å². The maximum Gasteiger partial charge on any atom is 0.271 e. The standard InChI is InChI=1S/C21H28N4O4S/c1-16-12-20(25(26)27)13-21(17(16)2)30(28,29)22-14-18-4-6-19(7-5-18)15-24-10-8-23(3)9-11-24/h4-7,12-13,22H,8-11,14-15H2,1-3H3. The lowest BCUT2D eigenvalue weighted by Crippen LogP contribution is -2.43. The highest BCUT2D eigenvalue weighted by Crippen LogP contribution is 2.25. The van der Waals surface area contributed by atoms with Gasteiger partial charge in [-0.25, -0.2) is 13.1 Å². The van der Waals surface area contributed by atoms with Crippen LogP contribution in [-0.4, -0.2) is 56.4 Å². The maximum absolute atomic E-state index is 12.8. The fraction of sp³-hybridized carbons (Fsp3) is 0.429. The number of rotatable bonds is 7. The Morgan fingerprint density at radius 1 is 1.03 bits per heavy atom. The molecule has 1 saturated heterocycles. The predicted octanol–water partition coefficient (Wildman–Crippen LogP) is 2.44. The van der Waals surface area contributed by atoms with Gasteiger partial charge in [0.1, 0.15) is 0 Å². The largest absolute Gasteiger partial charge is 0.304 e. The zero-order chi connectivity index (χ0) is 21.9. The molecule has 2 aromatic carbocycles. The van der Waals surface area contributed by atoms with Gasteiger partial charge in [0.2, 0.25) is 10.0 Å². The molecule has 1 N–H and O–H groups in total. The van der Waals surface area contributed by atoms with Crippen LogP contribution in [0.2, 0.25) is 0 Å². The Kier molecular flexibility index (Phi) is 6.87. The summed E-state index contributed by atoms with van der Waals surface area (Å²) in [6, 6.07) is 10.4. The highest BCUT2D eigenvalue weighted by atomic mass is 32.2. The van der Waals surface area contributed by atoms with E-state index in [0.29, 0.717) is 11.1 Å². The first-order chi connectivity index (χ1) is 14.2. The first kappa shape index (κ1) is 22.4. The lowest BCUT2D eigenvalue weighted by Gasteiger charge is -2.32. The van der Waals surface area contributed by atoms with Gasteiger partial charge in [0.05, 0.1) is 9.82 Å². The summed E-state index contributed by atoms with van der Waals surface area (Å²) in [5, 5.41) is 11.1. The molecule has 0 bridgehead atoms. The monoisotopic (exact) mass is 432 g/mol. The summed E-state index contributed by atoms with van der Waals surface area (Å²) in [6.07, 6.45) is 0. The number of nitro benzene ring substituents is 1. The van der Waals surface area contributed by atoms with Crippen LogP contribution in [0.15, 0.2) is 41.3 Å². The molecule has 9 heteroatoms. The summed E-state index contributed by atoms with van der Waals surface area (Å²) in [5.74, 6) is 0. The summed E-state index contributed by atoms with van der Waals surface area (Å²) in [5.41, 5.74) is 2.87. The minimum absolute atomic E-state index is 0.0547. The number of sulfonamides is 1. The molecule has 0 spiro atoms. The Balaban J connectivity index is 1.65. The zero-order valence-electron chi connectivity index (χ0n) is 17.6. The van der Waals surface area contributed by atoms with Gasteiger partial charge >= 0.3 is 0 Å². The molecule has 162 valence electrons. The van der Waals surface area contributed by atoms with E-state index >= 15 is 0 Å². The average molecular weight is 433 g/mol. The van der Waals surface area contributed by atoms with Crippen molar-refractivity contribution in [3.63, 3.8) is 0 Å². The van der Waals surface area contributed by atoms with Gasteiger partial charge in [-0.3, -0.25) is 15.0 Å². The summed E-state index contributed by atoms with van der Waals surface area (Å²) < 4.78 is 28.1. The van der Waals surface area contributed by atoms with Crippen molar-refractivity contribution in [1.29, 1.82) is 0 Å². The van der Waals surface area contributed by atoms with Crippen molar-refractivity contribution in [2.75, 3.05) is 33.2 Å². The molecule has 30 heavy (non-hydrogen) atoms. The Labute approximate surface area is 177 Å². The molecular weight excluding hydrogens is 404 g/mol. The number of hydrogen-bond acceptors (Lipinski definition) is 6. The molecule has 1 fully saturated rings. The second-order valence-corrected chi connectivity index (χ2v) is 9.60. The minimum Gasteiger partial charge on any atom is -0.304 e. The molecule has 1 aliphatic heterocycles. The molecule has 1 heterocycles. The number of nitrogens with one attached hydrogen (secondary N) is 1. The molecule has 0 radical (unpaired) electrons. The van der Waals surface area contributed by atoms with Crippen LogP contribution >= 0.6 is 0 Å². The minimum atomic E-state index is -3.87. The number of hydrogen-bond donors (Lipinski definition) is 1. The van der Waals surface area contributed by atoms with Crippen LogP contribution in [0.4, 0.5) is 5.69 Å². The van der Waals surface area contributed by atoms with E-state index in [1.54, 1.807) is 13.8 Å². The average Bonchev–Trinajstić information content (AvgIpc) is 2.71. The molecule has 3 rings (SSSR count). The van der Waals surface area contributed by atoms with Crippen LogP contribution in [-0.2, 0) is 23.1 Å². The quantitative estimate of drug-likeness (QED) is 0.533. The van der Waals surface area contributed by atoms with Crippen molar-refractivity contribution in [2.24, 2.45) is 0 Å². The number of benzene rings is 2. The lowest BCUT2D eigenvalue weighted by molar-refractivity contribution is -0.385. The molecule has 0 saturated carbocycles. The van der Waals surface area contributed by atoms with Crippen molar-refractivity contribution in [3.05, 3.63) is 68.8 Å². The summed E-state index contributed by atoms with van der Waals surface area (Å²) in [4.78, 5) is 15.2. The van der Waals surface area contributed by atoms with E-state index in [4.69, 9.17) is 0 Å². The highest BCUT2D eigenvalue weighted by Gasteiger charge is 2.22. The molecule has 0 unspecified atom stereocenters. The molecular formula is C21H28N4O4S. The van der Waals surface area contributed by atoms with E-state index in [1.807, 2.05) is 24.3 Å². The van der Waals surface area contributed by atoms with Gasteiger partial charge in [0.15, 0.2) is 0 Å². The van der Waals surface area contributed by atoms with E-state index in [0.717, 1.165) is 44.4 Å². The van der Waals surface area contributed by atoms with Crippen molar-refractivity contribution in [2.45, 2.75) is 31.8 Å². The molecule has 0 amide bonds. The summed E-state index contributed by atoms with van der Waals surface area (Å²) in [6.45, 7) is 8.54. The number of nitrogens with zero attached hydrogens (tertiary/aromatic N) is 3. The van der Waals surface area contributed by atoms with Crippen LogP contribution in [0.3, 0.4) is 0 Å².